The average Bonchev–Trinajstić information content (AvgIpc) is 2.54. The molecule has 0 aliphatic carbocycles. The molecular formula is C17H22N4. The highest BCUT2D eigenvalue weighted by Gasteiger charge is 2.18. The fourth-order valence-electron chi connectivity index (χ4n) is 2.76. The maximum Gasteiger partial charge on any atom is 0.227 e. The Hall–Kier alpha value is -2.10. The minimum Gasteiger partial charge on any atom is -0.366 e. The van der Waals surface area contributed by atoms with E-state index in [4.69, 9.17) is 0 Å². The number of hydrogen-bond donors (Lipinski definition) is 1. The van der Waals surface area contributed by atoms with Gasteiger partial charge < -0.3 is 10.2 Å². The third kappa shape index (κ3) is 3.72. The smallest absolute Gasteiger partial charge is 0.227 e. The van der Waals surface area contributed by atoms with E-state index >= 15 is 0 Å². The summed E-state index contributed by atoms with van der Waals surface area (Å²) in [5, 5.41) is 3.37. The van der Waals surface area contributed by atoms with E-state index in [0.29, 0.717) is 0 Å². The Morgan fingerprint density at radius 1 is 1.24 bits per heavy atom. The largest absolute Gasteiger partial charge is 0.366 e. The molecule has 1 aliphatic heterocycles. The van der Waals surface area contributed by atoms with Gasteiger partial charge in [0.2, 0.25) is 5.95 Å². The van der Waals surface area contributed by atoms with E-state index in [1.54, 1.807) is 0 Å². The van der Waals surface area contributed by atoms with Crippen molar-refractivity contribution in [3.05, 3.63) is 48.2 Å². The molecule has 4 heteroatoms. The molecule has 0 spiro atoms. The highest BCUT2D eigenvalue weighted by atomic mass is 15.3. The number of nitrogens with one attached hydrogen (secondary N) is 1. The van der Waals surface area contributed by atoms with Gasteiger partial charge in [0.1, 0.15) is 5.82 Å². The summed E-state index contributed by atoms with van der Waals surface area (Å²) < 4.78 is 0. The quantitative estimate of drug-likeness (QED) is 0.934. The van der Waals surface area contributed by atoms with Crippen LogP contribution in [0, 0.1) is 5.92 Å². The zero-order valence-electron chi connectivity index (χ0n) is 12.5. The molecule has 1 aromatic carbocycles. The van der Waals surface area contributed by atoms with Crippen molar-refractivity contribution in [3.8, 4) is 0 Å². The van der Waals surface area contributed by atoms with Crippen molar-refractivity contribution in [3.63, 3.8) is 0 Å². The fourth-order valence-corrected chi connectivity index (χ4v) is 2.76. The molecule has 1 N–H and O–H groups in total. The third-order valence-electron chi connectivity index (χ3n) is 3.90. The molecule has 1 saturated heterocycles. The summed E-state index contributed by atoms with van der Waals surface area (Å²) >= 11 is 0. The number of hydrogen-bond acceptors (Lipinski definition) is 4. The van der Waals surface area contributed by atoms with Gasteiger partial charge in [0.05, 0.1) is 0 Å². The lowest BCUT2D eigenvalue weighted by atomic mass is 10.0. The van der Waals surface area contributed by atoms with Crippen LogP contribution in [-0.2, 0) is 6.54 Å². The van der Waals surface area contributed by atoms with Gasteiger partial charge in [-0.05, 0) is 30.4 Å². The molecular weight excluding hydrogens is 260 g/mol. The van der Waals surface area contributed by atoms with E-state index in [2.05, 4.69) is 51.4 Å². The highest BCUT2D eigenvalue weighted by Crippen LogP contribution is 2.20. The monoisotopic (exact) mass is 282 g/mol. The first kappa shape index (κ1) is 13.9. The molecule has 1 aromatic heterocycles. The second kappa shape index (κ2) is 6.57. The lowest BCUT2D eigenvalue weighted by molar-refractivity contribution is 0.442. The van der Waals surface area contributed by atoms with Crippen LogP contribution >= 0.6 is 0 Å². The molecule has 1 fully saturated rings. The molecule has 21 heavy (non-hydrogen) atoms. The van der Waals surface area contributed by atoms with Crippen LogP contribution in [0.4, 0.5) is 11.8 Å². The molecule has 2 heterocycles. The topological polar surface area (TPSA) is 41.1 Å². The summed E-state index contributed by atoms with van der Waals surface area (Å²) in [5.74, 6) is 2.46. The molecule has 1 aliphatic rings. The maximum atomic E-state index is 4.65. The van der Waals surface area contributed by atoms with Crippen molar-refractivity contribution < 1.29 is 0 Å². The van der Waals surface area contributed by atoms with E-state index in [0.717, 1.165) is 37.3 Å². The predicted octanol–water partition coefficient (Wildman–Crippen LogP) is 3.33. The highest BCUT2D eigenvalue weighted by molar-refractivity contribution is 5.42. The van der Waals surface area contributed by atoms with Crippen molar-refractivity contribution >= 4 is 11.8 Å². The van der Waals surface area contributed by atoms with E-state index in [9.17, 15) is 0 Å². The Bertz CT molecular complexity index is 570. The van der Waals surface area contributed by atoms with Crippen LogP contribution in [-0.4, -0.2) is 23.1 Å². The summed E-state index contributed by atoms with van der Waals surface area (Å²) in [7, 11) is 0. The summed E-state index contributed by atoms with van der Waals surface area (Å²) in [5.41, 5.74) is 1.25. The molecule has 1 unspecified atom stereocenters. The second-order valence-corrected chi connectivity index (χ2v) is 5.77. The van der Waals surface area contributed by atoms with Crippen LogP contribution in [0.3, 0.4) is 0 Å². The van der Waals surface area contributed by atoms with Crippen molar-refractivity contribution in [2.75, 3.05) is 23.3 Å². The zero-order chi connectivity index (χ0) is 14.5. The minimum absolute atomic E-state index is 0.725. The number of aromatic nitrogens is 2. The first-order valence-electron chi connectivity index (χ1n) is 7.67. The van der Waals surface area contributed by atoms with Crippen LogP contribution in [0.1, 0.15) is 25.3 Å². The molecule has 4 nitrogen and oxygen atoms in total. The van der Waals surface area contributed by atoms with E-state index in [1.165, 1.54) is 18.4 Å². The fraction of sp³-hybridized carbons (Fsp3) is 0.412. The molecule has 0 amide bonds. The van der Waals surface area contributed by atoms with Crippen molar-refractivity contribution in [2.24, 2.45) is 5.92 Å². The van der Waals surface area contributed by atoms with Crippen molar-refractivity contribution in [2.45, 2.75) is 26.3 Å². The van der Waals surface area contributed by atoms with Gasteiger partial charge in [-0.2, -0.15) is 4.98 Å². The van der Waals surface area contributed by atoms with Gasteiger partial charge in [-0.25, -0.2) is 4.98 Å². The Morgan fingerprint density at radius 3 is 2.90 bits per heavy atom. The van der Waals surface area contributed by atoms with E-state index in [1.807, 2.05) is 18.3 Å². The van der Waals surface area contributed by atoms with Gasteiger partial charge in [0.25, 0.3) is 0 Å². The average molecular weight is 282 g/mol. The van der Waals surface area contributed by atoms with Gasteiger partial charge in [0, 0.05) is 25.8 Å². The van der Waals surface area contributed by atoms with Gasteiger partial charge in [-0.1, -0.05) is 37.3 Å². The summed E-state index contributed by atoms with van der Waals surface area (Å²) in [6, 6.07) is 12.3. The number of piperidine rings is 1. The van der Waals surface area contributed by atoms with Gasteiger partial charge >= 0.3 is 0 Å². The van der Waals surface area contributed by atoms with Gasteiger partial charge in [-0.15, -0.1) is 0 Å². The van der Waals surface area contributed by atoms with E-state index in [-0.39, 0.29) is 0 Å². The Kier molecular flexibility index (Phi) is 4.34. The normalized spacial score (nSPS) is 18.5. The molecule has 0 saturated carbocycles. The van der Waals surface area contributed by atoms with Crippen molar-refractivity contribution in [1.29, 1.82) is 0 Å². The number of benzene rings is 1. The van der Waals surface area contributed by atoms with Crippen molar-refractivity contribution in [1.82, 2.24) is 9.97 Å². The SMILES string of the molecule is CC1CCCN(c2nccc(NCc3ccccc3)n2)C1. The Labute approximate surface area is 126 Å². The standard InChI is InChI=1S/C17H22N4/c1-14-6-5-11-21(13-14)17-18-10-9-16(20-17)19-12-15-7-3-2-4-8-15/h2-4,7-10,14H,5-6,11-13H2,1H3,(H,18,19,20). The number of rotatable bonds is 4. The predicted molar refractivity (Wildman–Crippen MR) is 86.4 cm³/mol. The Balaban J connectivity index is 1.65. The Morgan fingerprint density at radius 2 is 2.10 bits per heavy atom. The molecule has 1 atom stereocenters. The summed E-state index contributed by atoms with van der Waals surface area (Å²) in [6.45, 7) is 5.20. The van der Waals surface area contributed by atoms with Crippen LogP contribution in [0.15, 0.2) is 42.6 Å². The van der Waals surface area contributed by atoms with Gasteiger partial charge in [0.15, 0.2) is 0 Å². The molecule has 0 radical (unpaired) electrons. The maximum absolute atomic E-state index is 4.65. The minimum atomic E-state index is 0.725. The summed E-state index contributed by atoms with van der Waals surface area (Å²) in [4.78, 5) is 11.4. The molecule has 2 aromatic rings. The lowest BCUT2D eigenvalue weighted by Gasteiger charge is -2.30. The van der Waals surface area contributed by atoms with Crippen LogP contribution in [0.25, 0.3) is 0 Å². The van der Waals surface area contributed by atoms with Crippen LogP contribution < -0.4 is 10.2 Å². The number of nitrogens with zero attached hydrogens (tertiary/aromatic N) is 3. The van der Waals surface area contributed by atoms with E-state index < -0.39 is 0 Å². The summed E-state index contributed by atoms with van der Waals surface area (Å²) in [6.07, 6.45) is 4.38. The number of anilines is 2. The first-order valence-corrected chi connectivity index (χ1v) is 7.67. The van der Waals surface area contributed by atoms with Gasteiger partial charge in [-0.3, -0.25) is 0 Å². The second-order valence-electron chi connectivity index (χ2n) is 5.77. The molecule has 3 rings (SSSR count). The molecule has 0 bridgehead atoms. The third-order valence-corrected chi connectivity index (χ3v) is 3.90. The zero-order valence-corrected chi connectivity index (χ0v) is 12.5. The lowest BCUT2D eigenvalue weighted by Crippen LogP contribution is -2.35. The first-order chi connectivity index (χ1) is 10.3. The van der Waals surface area contributed by atoms with Crippen LogP contribution in [0.2, 0.25) is 0 Å². The molecule has 110 valence electrons. The van der Waals surface area contributed by atoms with Crippen LogP contribution in [0.5, 0.6) is 0 Å².